The van der Waals surface area contributed by atoms with Crippen LogP contribution in [0.4, 0.5) is 0 Å². The van der Waals surface area contributed by atoms with Crippen LogP contribution in [0.2, 0.25) is 0 Å². The predicted molar refractivity (Wildman–Crippen MR) is 92.9 cm³/mol. The van der Waals surface area contributed by atoms with Gasteiger partial charge in [-0.1, -0.05) is 25.0 Å². The molecule has 2 N–H and O–H groups in total. The molecule has 1 saturated carbocycles. The lowest BCUT2D eigenvalue weighted by molar-refractivity contribution is 0.0600. The van der Waals surface area contributed by atoms with Gasteiger partial charge in [0.1, 0.15) is 0 Å². The van der Waals surface area contributed by atoms with Crippen molar-refractivity contribution in [3.8, 4) is 0 Å². The molecule has 2 rings (SSSR count). The van der Waals surface area contributed by atoms with E-state index in [1.807, 2.05) is 12.1 Å². The van der Waals surface area contributed by atoms with Crippen LogP contribution in [-0.4, -0.2) is 38.2 Å². The SMILES string of the molecule is CCNC(=NCCc1ccc(C(=O)OC)cc1)NC1CCCC1. The first-order valence-corrected chi connectivity index (χ1v) is 8.45. The van der Waals surface area contributed by atoms with Gasteiger partial charge < -0.3 is 15.4 Å². The van der Waals surface area contributed by atoms with Crippen molar-refractivity contribution in [2.75, 3.05) is 20.2 Å². The first-order valence-electron chi connectivity index (χ1n) is 8.45. The van der Waals surface area contributed by atoms with E-state index in [0.717, 1.165) is 31.0 Å². The predicted octanol–water partition coefficient (Wildman–Crippen LogP) is 2.51. The van der Waals surface area contributed by atoms with E-state index < -0.39 is 0 Å². The summed E-state index contributed by atoms with van der Waals surface area (Å²) in [5, 5.41) is 6.82. The van der Waals surface area contributed by atoms with Crippen LogP contribution in [0.1, 0.15) is 48.5 Å². The third kappa shape index (κ3) is 5.58. The maximum absolute atomic E-state index is 11.4. The standard InChI is InChI=1S/C18H27N3O2/c1-3-19-18(21-16-6-4-5-7-16)20-13-12-14-8-10-15(11-9-14)17(22)23-2/h8-11,16H,3-7,12-13H2,1-2H3,(H2,19,20,21). The molecule has 0 unspecified atom stereocenters. The molecule has 0 aromatic heterocycles. The number of hydrogen-bond donors (Lipinski definition) is 2. The molecule has 1 aromatic carbocycles. The topological polar surface area (TPSA) is 62.7 Å². The molecule has 0 bridgehead atoms. The smallest absolute Gasteiger partial charge is 0.337 e. The number of ether oxygens (including phenoxy) is 1. The molecule has 23 heavy (non-hydrogen) atoms. The molecule has 5 heteroatoms. The van der Waals surface area contributed by atoms with E-state index in [1.165, 1.54) is 32.8 Å². The molecule has 1 aliphatic carbocycles. The first-order chi connectivity index (χ1) is 11.2. The molecule has 5 nitrogen and oxygen atoms in total. The molecule has 1 aliphatic rings. The molecule has 1 aromatic rings. The Kier molecular flexibility index (Phi) is 6.91. The molecular formula is C18H27N3O2. The second-order valence-corrected chi connectivity index (χ2v) is 5.82. The van der Waals surface area contributed by atoms with Crippen LogP contribution in [0.5, 0.6) is 0 Å². The number of nitrogens with zero attached hydrogens (tertiary/aromatic N) is 1. The van der Waals surface area contributed by atoms with Gasteiger partial charge in [0, 0.05) is 19.1 Å². The highest BCUT2D eigenvalue weighted by Crippen LogP contribution is 2.17. The minimum Gasteiger partial charge on any atom is -0.465 e. The van der Waals surface area contributed by atoms with Gasteiger partial charge in [-0.05, 0) is 43.9 Å². The van der Waals surface area contributed by atoms with E-state index in [9.17, 15) is 4.79 Å². The summed E-state index contributed by atoms with van der Waals surface area (Å²) in [5.41, 5.74) is 1.74. The molecule has 0 amide bonds. The monoisotopic (exact) mass is 317 g/mol. The summed E-state index contributed by atoms with van der Waals surface area (Å²) >= 11 is 0. The summed E-state index contributed by atoms with van der Waals surface area (Å²) in [5.74, 6) is 0.607. The fraction of sp³-hybridized carbons (Fsp3) is 0.556. The Balaban J connectivity index is 1.85. The van der Waals surface area contributed by atoms with E-state index in [4.69, 9.17) is 4.74 Å². The summed E-state index contributed by atoms with van der Waals surface area (Å²) < 4.78 is 4.70. The van der Waals surface area contributed by atoms with Crippen LogP contribution in [0.15, 0.2) is 29.3 Å². The molecule has 0 atom stereocenters. The Morgan fingerprint density at radius 2 is 1.96 bits per heavy atom. The lowest BCUT2D eigenvalue weighted by Gasteiger charge is -2.16. The minimum atomic E-state index is -0.301. The zero-order valence-corrected chi connectivity index (χ0v) is 14.1. The van der Waals surface area contributed by atoms with Crippen LogP contribution >= 0.6 is 0 Å². The van der Waals surface area contributed by atoms with Crippen molar-refractivity contribution in [2.45, 2.75) is 45.1 Å². The normalized spacial score (nSPS) is 15.5. The Labute approximate surface area is 138 Å². The van der Waals surface area contributed by atoms with Crippen molar-refractivity contribution in [2.24, 2.45) is 4.99 Å². The minimum absolute atomic E-state index is 0.301. The Bertz CT molecular complexity index is 520. The van der Waals surface area contributed by atoms with Gasteiger partial charge in [-0.3, -0.25) is 4.99 Å². The van der Waals surface area contributed by atoms with E-state index in [-0.39, 0.29) is 5.97 Å². The molecular weight excluding hydrogens is 290 g/mol. The second-order valence-electron chi connectivity index (χ2n) is 5.82. The van der Waals surface area contributed by atoms with E-state index in [0.29, 0.717) is 11.6 Å². The maximum Gasteiger partial charge on any atom is 0.337 e. The number of esters is 1. The third-order valence-corrected chi connectivity index (χ3v) is 4.09. The van der Waals surface area contributed by atoms with Crippen molar-refractivity contribution < 1.29 is 9.53 Å². The number of carbonyl (C=O) groups is 1. The summed E-state index contributed by atoms with van der Waals surface area (Å²) in [6, 6.07) is 8.07. The van der Waals surface area contributed by atoms with Crippen molar-refractivity contribution in [1.82, 2.24) is 10.6 Å². The number of nitrogens with one attached hydrogen (secondary N) is 2. The summed E-state index contributed by atoms with van der Waals surface area (Å²) in [7, 11) is 1.39. The fourth-order valence-corrected chi connectivity index (χ4v) is 2.81. The van der Waals surface area contributed by atoms with Gasteiger partial charge in [0.05, 0.1) is 12.7 Å². The highest BCUT2D eigenvalue weighted by molar-refractivity contribution is 5.89. The van der Waals surface area contributed by atoms with Crippen LogP contribution in [0.25, 0.3) is 0 Å². The summed E-state index contributed by atoms with van der Waals surface area (Å²) in [4.78, 5) is 16.1. The van der Waals surface area contributed by atoms with Crippen molar-refractivity contribution in [3.63, 3.8) is 0 Å². The van der Waals surface area contributed by atoms with Crippen LogP contribution in [0.3, 0.4) is 0 Å². The number of carbonyl (C=O) groups excluding carboxylic acids is 1. The summed E-state index contributed by atoms with van der Waals surface area (Å²) in [6.45, 7) is 3.67. The van der Waals surface area contributed by atoms with Crippen LogP contribution < -0.4 is 10.6 Å². The van der Waals surface area contributed by atoms with Crippen LogP contribution in [-0.2, 0) is 11.2 Å². The number of methoxy groups -OCH3 is 1. The summed E-state index contributed by atoms with van der Waals surface area (Å²) in [6.07, 6.45) is 5.94. The second kappa shape index (κ2) is 9.18. The fourth-order valence-electron chi connectivity index (χ4n) is 2.81. The average molecular weight is 317 g/mol. The van der Waals surface area contributed by atoms with Gasteiger partial charge >= 0.3 is 5.97 Å². The van der Waals surface area contributed by atoms with Gasteiger partial charge in [-0.2, -0.15) is 0 Å². The Morgan fingerprint density at radius 1 is 1.26 bits per heavy atom. The van der Waals surface area contributed by atoms with E-state index in [2.05, 4.69) is 22.5 Å². The maximum atomic E-state index is 11.4. The average Bonchev–Trinajstić information content (AvgIpc) is 3.08. The highest BCUT2D eigenvalue weighted by atomic mass is 16.5. The largest absolute Gasteiger partial charge is 0.465 e. The highest BCUT2D eigenvalue weighted by Gasteiger charge is 2.15. The van der Waals surface area contributed by atoms with Crippen LogP contribution in [0, 0.1) is 0 Å². The van der Waals surface area contributed by atoms with Crippen molar-refractivity contribution in [3.05, 3.63) is 35.4 Å². The molecule has 1 fully saturated rings. The lowest BCUT2D eigenvalue weighted by Crippen LogP contribution is -2.42. The van der Waals surface area contributed by atoms with Crippen molar-refractivity contribution >= 4 is 11.9 Å². The number of guanidine groups is 1. The molecule has 0 aliphatic heterocycles. The van der Waals surface area contributed by atoms with E-state index in [1.54, 1.807) is 12.1 Å². The van der Waals surface area contributed by atoms with Gasteiger partial charge in [0.15, 0.2) is 5.96 Å². The lowest BCUT2D eigenvalue weighted by atomic mass is 10.1. The van der Waals surface area contributed by atoms with E-state index >= 15 is 0 Å². The third-order valence-electron chi connectivity index (χ3n) is 4.09. The zero-order valence-electron chi connectivity index (χ0n) is 14.1. The Morgan fingerprint density at radius 3 is 2.57 bits per heavy atom. The van der Waals surface area contributed by atoms with Gasteiger partial charge in [-0.15, -0.1) is 0 Å². The van der Waals surface area contributed by atoms with Gasteiger partial charge in [0.25, 0.3) is 0 Å². The first kappa shape index (κ1) is 17.3. The Hall–Kier alpha value is -2.04. The molecule has 0 spiro atoms. The number of aliphatic imine (C=N–C) groups is 1. The number of hydrogen-bond acceptors (Lipinski definition) is 3. The van der Waals surface area contributed by atoms with Crippen molar-refractivity contribution in [1.29, 1.82) is 0 Å². The molecule has 126 valence electrons. The van der Waals surface area contributed by atoms with Gasteiger partial charge in [-0.25, -0.2) is 4.79 Å². The molecule has 0 radical (unpaired) electrons. The molecule has 0 saturated heterocycles. The number of rotatable bonds is 6. The number of benzene rings is 1. The quantitative estimate of drug-likeness (QED) is 0.481. The molecule has 0 heterocycles. The van der Waals surface area contributed by atoms with Gasteiger partial charge in [0.2, 0.25) is 0 Å². The zero-order chi connectivity index (χ0) is 16.5.